The van der Waals surface area contributed by atoms with Gasteiger partial charge in [-0.3, -0.25) is 0 Å². The molecule has 1 heterocycles. The number of hydrogen-bond donors (Lipinski definition) is 1. The summed E-state index contributed by atoms with van der Waals surface area (Å²) in [7, 11) is 0. The number of nitrogens with one attached hydrogen (secondary N) is 1. The second kappa shape index (κ2) is 24.4. The Morgan fingerprint density at radius 2 is 1.15 bits per heavy atom. The van der Waals surface area contributed by atoms with Gasteiger partial charge < -0.3 is 5.32 Å². The van der Waals surface area contributed by atoms with E-state index in [4.69, 9.17) is 0 Å². The molecule has 1 heteroatoms. The molecule has 1 aliphatic carbocycles. The Hall–Kier alpha value is -1.08. The third-order valence-electron chi connectivity index (χ3n) is 10.2. The van der Waals surface area contributed by atoms with Crippen LogP contribution in [-0.4, -0.2) is 13.1 Å². The molecule has 1 nitrogen and oxygen atoms in total. The minimum Gasteiger partial charge on any atom is -0.317 e. The predicted octanol–water partition coefficient (Wildman–Crippen LogP) is 13.1. The monoisotopic (exact) mass is 566 g/mol. The number of allylic oxidation sites excluding steroid dienone is 6. The molecule has 236 valence electrons. The van der Waals surface area contributed by atoms with Gasteiger partial charge in [0, 0.05) is 0 Å². The van der Waals surface area contributed by atoms with E-state index in [1.165, 1.54) is 198 Å². The van der Waals surface area contributed by atoms with Crippen molar-refractivity contribution in [1.29, 1.82) is 0 Å². The van der Waals surface area contributed by atoms with Gasteiger partial charge in [0.05, 0.1) is 0 Å². The van der Waals surface area contributed by atoms with Crippen molar-refractivity contribution >= 4 is 0 Å². The summed E-state index contributed by atoms with van der Waals surface area (Å²) in [5, 5.41) is 3.89. The molecule has 0 radical (unpaired) electrons. The molecule has 0 amide bonds. The van der Waals surface area contributed by atoms with Gasteiger partial charge in [-0.25, -0.2) is 0 Å². The highest BCUT2D eigenvalue weighted by Gasteiger charge is 2.29. The van der Waals surface area contributed by atoms with Gasteiger partial charge in [-0.15, -0.1) is 0 Å². The highest BCUT2D eigenvalue weighted by atomic mass is 14.8. The van der Waals surface area contributed by atoms with Gasteiger partial charge in [0.2, 0.25) is 0 Å². The predicted molar refractivity (Wildman–Crippen MR) is 186 cm³/mol. The maximum Gasteiger partial charge on any atom is -0.00436 e. The van der Waals surface area contributed by atoms with Crippen LogP contribution >= 0.6 is 0 Å². The van der Waals surface area contributed by atoms with Crippen LogP contribution in [0.1, 0.15) is 187 Å². The maximum atomic E-state index is 4.36. The van der Waals surface area contributed by atoms with Crippen molar-refractivity contribution in [2.75, 3.05) is 13.1 Å². The molecule has 1 saturated carbocycles. The van der Waals surface area contributed by atoms with Crippen molar-refractivity contribution in [3.05, 3.63) is 48.1 Å². The molecule has 1 atom stereocenters. The van der Waals surface area contributed by atoms with Gasteiger partial charge in [0.15, 0.2) is 0 Å². The molecule has 1 aliphatic heterocycles. The lowest BCUT2D eigenvalue weighted by atomic mass is 9.71. The first kappa shape index (κ1) is 36.1. The Bertz CT molecular complexity index is 727. The molecule has 1 saturated heterocycles. The zero-order valence-electron chi connectivity index (χ0n) is 27.9. The fourth-order valence-electron chi connectivity index (χ4n) is 7.46. The van der Waals surface area contributed by atoms with Crippen molar-refractivity contribution in [2.45, 2.75) is 187 Å². The normalized spacial score (nSPS) is 27.2. The van der Waals surface area contributed by atoms with Crippen molar-refractivity contribution in [3.63, 3.8) is 0 Å². The van der Waals surface area contributed by atoms with Gasteiger partial charge in [-0.2, -0.15) is 0 Å². The van der Waals surface area contributed by atoms with E-state index >= 15 is 0 Å². The zero-order chi connectivity index (χ0) is 29.3. The van der Waals surface area contributed by atoms with Crippen LogP contribution in [0.4, 0.5) is 0 Å². The van der Waals surface area contributed by atoms with Gasteiger partial charge in [0.1, 0.15) is 0 Å². The molecule has 2 fully saturated rings. The van der Waals surface area contributed by atoms with Crippen LogP contribution in [0.3, 0.4) is 0 Å². The minimum absolute atomic E-state index is 0.559. The molecule has 1 N–H and O–H groups in total. The van der Waals surface area contributed by atoms with Crippen LogP contribution in [-0.2, 0) is 0 Å². The van der Waals surface area contributed by atoms with E-state index in [-0.39, 0.29) is 0 Å². The Labute approximate surface area is 258 Å². The Morgan fingerprint density at radius 3 is 1.78 bits per heavy atom. The largest absolute Gasteiger partial charge is 0.317 e. The van der Waals surface area contributed by atoms with E-state index in [9.17, 15) is 0 Å². The van der Waals surface area contributed by atoms with E-state index in [0.29, 0.717) is 5.41 Å². The van der Waals surface area contributed by atoms with Crippen molar-refractivity contribution in [3.8, 4) is 0 Å². The number of rotatable bonds is 5. The van der Waals surface area contributed by atoms with Crippen molar-refractivity contribution in [2.24, 2.45) is 5.41 Å². The van der Waals surface area contributed by atoms with Crippen LogP contribution in [0.5, 0.6) is 0 Å². The molecule has 0 bridgehead atoms. The van der Waals surface area contributed by atoms with Crippen molar-refractivity contribution < 1.29 is 0 Å². The van der Waals surface area contributed by atoms with Crippen LogP contribution in [0.2, 0.25) is 0 Å². The van der Waals surface area contributed by atoms with E-state index in [2.05, 4.69) is 37.6 Å². The van der Waals surface area contributed by atoms with E-state index in [0.717, 1.165) is 0 Å². The maximum absolute atomic E-state index is 4.36. The molecule has 1 spiro atoms. The molecule has 2 rings (SSSR count). The molecule has 0 aromatic carbocycles. The smallest absolute Gasteiger partial charge is 0.00436 e. The molecular weight excluding hydrogens is 494 g/mol. The lowest BCUT2D eigenvalue weighted by Crippen LogP contribution is -2.28. The summed E-state index contributed by atoms with van der Waals surface area (Å²) >= 11 is 0. The number of unbranched alkanes of at least 4 members (excludes halogenated alkanes) is 3. The molecule has 41 heavy (non-hydrogen) atoms. The third kappa shape index (κ3) is 17.6. The quantitative estimate of drug-likeness (QED) is 0.258. The molecule has 1 unspecified atom stereocenters. The van der Waals surface area contributed by atoms with Crippen LogP contribution in [0.25, 0.3) is 0 Å². The van der Waals surface area contributed by atoms with Gasteiger partial charge in [-0.05, 0) is 126 Å². The van der Waals surface area contributed by atoms with Crippen molar-refractivity contribution in [1.82, 2.24) is 5.32 Å². The Kier molecular flexibility index (Phi) is 21.5. The standard InChI is InChI=1S/C40H71N/c1-4-6-7-18-28-39-30-20-23-33-40(32-22-19-29-38(39)25-5-2)31-21-14-10-8-9-12-16-26-37(3)27-17-13-11-15-24-35-41-36-34-40/h5,25,28,41H,2-4,6-24,26-27,29-36H2,1H3/b38-25-,39-28-. The summed E-state index contributed by atoms with van der Waals surface area (Å²) in [4.78, 5) is 0. The fourth-order valence-corrected chi connectivity index (χ4v) is 7.46. The minimum atomic E-state index is 0.559. The van der Waals surface area contributed by atoms with Crippen LogP contribution in [0, 0.1) is 5.41 Å². The molecular formula is C40H71N. The summed E-state index contributed by atoms with van der Waals surface area (Å²) in [6.07, 6.45) is 45.4. The zero-order valence-corrected chi connectivity index (χ0v) is 27.9. The first-order valence-electron chi connectivity index (χ1n) is 18.6. The summed E-state index contributed by atoms with van der Waals surface area (Å²) < 4.78 is 0. The van der Waals surface area contributed by atoms with E-state index in [1.807, 2.05) is 6.08 Å². The average Bonchev–Trinajstić information content (AvgIpc) is 3.00. The highest BCUT2D eigenvalue weighted by molar-refractivity contribution is 5.33. The lowest BCUT2D eigenvalue weighted by Gasteiger charge is -2.35. The lowest BCUT2D eigenvalue weighted by molar-refractivity contribution is 0.178. The van der Waals surface area contributed by atoms with Gasteiger partial charge in [0.25, 0.3) is 0 Å². The van der Waals surface area contributed by atoms with Gasteiger partial charge >= 0.3 is 0 Å². The second-order valence-corrected chi connectivity index (χ2v) is 13.8. The van der Waals surface area contributed by atoms with E-state index < -0.39 is 0 Å². The third-order valence-corrected chi connectivity index (χ3v) is 10.2. The van der Waals surface area contributed by atoms with E-state index in [1.54, 1.807) is 11.1 Å². The first-order chi connectivity index (χ1) is 20.2. The summed E-state index contributed by atoms with van der Waals surface area (Å²) in [6, 6.07) is 0. The van der Waals surface area contributed by atoms with Crippen LogP contribution in [0.15, 0.2) is 48.1 Å². The van der Waals surface area contributed by atoms with Gasteiger partial charge in [-0.1, -0.05) is 127 Å². The Morgan fingerprint density at radius 1 is 0.610 bits per heavy atom. The summed E-state index contributed by atoms with van der Waals surface area (Å²) in [5.41, 5.74) is 5.31. The molecule has 0 aromatic rings. The molecule has 0 aromatic heterocycles. The SMILES string of the molecule is C=C/C=C1/CCCCC2(CCCCCCCCCC(=C)CCCCCCCNCC2)CCCC/C1=C/CCCCC. The average molecular weight is 566 g/mol. The number of hydrogen-bond acceptors (Lipinski definition) is 1. The fraction of sp³-hybridized carbons (Fsp3) is 0.800. The Balaban J connectivity index is 1.98. The van der Waals surface area contributed by atoms with Crippen LogP contribution < -0.4 is 5.32 Å². The molecule has 2 aliphatic rings. The first-order valence-corrected chi connectivity index (χ1v) is 18.6. The second-order valence-electron chi connectivity index (χ2n) is 13.8. The highest BCUT2D eigenvalue weighted by Crippen LogP contribution is 2.41. The summed E-state index contributed by atoms with van der Waals surface area (Å²) in [5.74, 6) is 0. The summed E-state index contributed by atoms with van der Waals surface area (Å²) in [6.45, 7) is 13.2. The topological polar surface area (TPSA) is 12.0 Å².